The van der Waals surface area contributed by atoms with Crippen molar-refractivity contribution < 1.29 is 9.90 Å². The first-order chi connectivity index (χ1) is 7.31. The average molecular weight is 200 g/mol. The van der Waals surface area contributed by atoms with Gasteiger partial charge < -0.3 is 5.11 Å². The lowest BCUT2D eigenvalue weighted by atomic mass is 10.0. The van der Waals surface area contributed by atoms with E-state index in [1.807, 2.05) is 42.5 Å². The van der Waals surface area contributed by atoms with E-state index >= 15 is 0 Å². The number of carbonyl (C=O) groups is 1. The van der Waals surface area contributed by atoms with Gasteiger partial charge in [0.05, 0.1) is 0 Å². The standard InChI is InChI=1S/C13H12O2/c14-9-12(15)8-11-6-3-5-10-4-1-2-7-13(10)11/h1-7,14H,8-9H2. The lowest BCUT2D eigenvalue weighted by molar-refractivity contribution is -0.121. The number of hydrogen-bond acceptors (Lipinski definition) is 2. The fourth-order valence-electron chi connectivity index (χ4n) is 1.71. The first-order valence-electron chi connectivity index (χ1n) is 4.90. The summed E-state index contributed by atoms with van der Waals surface area (Å²) in [5.74, 6) is -0.147. The van der Waals surface area contributed by atoms with Crippen molar-refractivity contribution in [1.82, 2.24) is 0 Å². The number of aliphatic hydroxyl groups is 1. The van der Waals surface area contributed by atoms with E-state index in [-0.39, 0.29) is 12.4 Å². The SMILES string of the molecule is O=C(CO)Cc1cccc2ccccc12. The molecule has 2 rings (SSSR count). The summed E-state index contributed by atoms with van der Waals surface area (Å²) in [4.78, 5) is 11.2. The number of ketones is 1. The Kier molecular flexibility index (Phi) is 2.79. The van der Waals surface area contributed by atoms with Crippen LogP contribution in [0, 0.1) is 0 Å². The fourth-order valence-corrected chi connectivity index (χ4v) is 1.71. The zero-order valence-electron chi connectivity index (χ0n) is 8.31. The quantitative estimate of drug-likeness (QED) is 0.822. The highest BCUT2D eigenvalue weighted by atomic mass is 16.3. The molecule has 0 unspecified atom stereocenters. The normalized spacial score (nSPS) is 10.5. The Labute approximate surface area is 88.2 Å². The van der Waals surface area contributed by atoms with Gasteiger partial charge in [-0.2, -0.15) is 0 Å². The van der Waals surface area contributed by atoms with E-state index in [2.05, 4.69) is 0 Å². The minimum Gasteiger partial charge on any atom is -0.389 e. The molecule has 0 amide bonds. The molecule has 2 aromatic carbocycles. The number of aliphatic hydroxyl groups excluding tert-OH is 1. The Morgan fingerprint density at radius 1 is 1.07 bits per heavy atom. The maximum atomic E-state index is 11.2. The zero-order valence-corrected chi connectivity index (χ0v) is 8.31. The molecule has 76 valence electrons. The van der Waals surface area contributed by atoms with Gasteiger partial charge in [0.1, 0.15) is 6.61 Å². The molecule has 2 nitrogen and oxygen atoms in total. The average Bonchev–Trinajstić information content (AvgIpc) is 2.29. The molecule has 0 spiro atoms. The molecular formula is C13H12O2. The number of Topliss-reactive ketones (excluding diaryl/α,β-unsaturated/α-hetero) is 1. The third kappa shape index (κ3) is 2.05. The van der Waals surface area contributed by atoms with Gasteiger partial charge in [0.15, 0.2) is 5.78 Å². The van der Waals surface area contributed by atoms with Crippen LogP contribution < -0.4 is 0 Å². The fraction of sp³-hybridized carbons (Fsp3) is 0.154. The van der Waals surface area contributed by atoms with Gasteiger partial charge in [0, 0.05) is 6.42 Å². The molecule has 0 fully saturated rings. The molecule has 0 aliphatic heterocycles. The second kappa shape index (κ2) is 4.24. The third-order valence-electron chi connectivity index (χ3n) is 2.44. The van der Waals surface area contributed by atoms with Crippen LogP contribution in [0.15, 0.2) is 42.5 Å². The van der Waals surface area contributed by atoms with Gasteiger partial charge in [-0.15, -0.1) is 0 Å². The van der Waals surface area contributed by atoms with Crippen LogP contribution in [-0.2, 0) is 11.2 Å². The van der Waals surface area contributed by atoms with Crippen molar-refractivity contribution in [1.29, 1.82) is 0 Å². The molecule has 0 saturated heterocycles. The molecule has 2 heteroatoms. The van der Waals surface area contributed by atoms with E-state index in [0.29, 0.717) is 6.42 Å². The second-order valence-corrected chi connectivity index (χ2v) is 3.51. The van der Waals surface area contributed by atoms with Crippen LogP contribution in [0.1, 0.15) is 5.56 Å². The molecule has 2 aromatic rings. The summed E-state index contributed by atoms with van der Waals surface area (Å²) in [5, 5.41) is 10.9. The summed E-state index contributed by atoms with van der Waals surface area (Å²) in [6.45, 7) is -0.386. The van der Waals surface area contributed by atoms with E-state index < -0.39 is 0 Å². The molecule has 0 aliphatic rings. The van der Waals surface area contributed by atoms with Gasteiger partial charge in [0.25, 0.3) is 0 Å². The summed E-state index contributed by atoms with van der Waals surface area (Å²) >= 11 is 0. The van der Waals surface area contributed by atoms with Crippen molar-refractivity contribution >= 4 is 16.6 Å². The van der Waals surface area contributed by atoms with Crippen LogP contribution >= 0.6 is 0 Å². The van der Waals surface area contributed by atoms with Crippen LogP contribution in [0.25, 0.3) is 10.8 Å². The Morgan fingerprint density at radius 3 is 2.60 bits per heavy atom. The Balaban J connectivity index is 2.46. The highest BCUT2D eigenvalue weighted by Gasteiger charge is 2.04. The molecule has 0 aliphatic carbocycles. The molecule has 0 radical (unpaired) electrons. The zero-order chi connectivity index (χ0) is 10.7. The summed E-state index contributed by atoms with van der Waals surface area (Å²) in [5.41, 5.74) is 0.979. The van der Waals surface area contributed by atoms with E-state index in [1.54, 1.807) is 0 Å². The Hall–Kier alpha value is -1.67. The van der Waals surface area contributed by atoms with Gasteiger partial charge >= 0.3 is 0 Å². The molecule has 1 N–H and O–H groups in total. The first-order valence-corrected chi connectivity index (χ1v) is 4.90. The van der Waals surface area contributed by atoms with Gasteiger partial charge in [-0.3, -0.25) is 4.79 Å². The molecule has 0 aromatic heterocycles. The number of hydrogen-bond donors (Lipinski definition) is 1. The van der Waals surface area contributed by atoms with Crippen LogP contribution in [0.5, 0.6) is 0 Å². The highest BCUT2D eigenvalue weighted by Crippen LogP contribution is 2.18. The largest absolute Gasteiger partial charge is 0.389 e. The van der Waals surface area contributed by atoms with Gasteiger partial charge in [0.2, 0.25) is 0 Å². The minimum atomic E-state index is -0.386. The maximum Gasteiger partial charge on any atom is 0.162 e. The molecular weight excluding hydrogens is 188 g/mol. The Bertz CT molecular complexity index is 483. The third-order valence-corrected chi connectivity index (χ3v) is 2.44. The van der Waals surface area contributed by atoms with Crippen molar-refractivity contribution in [2.45, 2.75) is 6.42 Å². The number of rotatable bonds is 3. The number of carbonyl (C=O) groups excluding carboxylic acids is 1. The van der Waals surface area contributed by atoms with Crippen LogP contribution in [0.4, 0.5) is 0 Å². The predicted molar refractivity (Wildman–Crippen MR) is 59.7 cm³/mol. The second-order valence-electron chi connectivity index (χ2n) is 3.51. The predicted octanol–water partition coefficient (Wildman–Crippen LogP) is 1.94. The van der Waals surface area contributed by atoms with E-state index in [0.717, 1.165) is 16.3 Å². The van der Waals surface area contributed by atoms with E-state index in [4.69, 9.17) is 5.11 Å². The van der Waals surface area contributed by atoms with Gasteiger partial charge in [-0.05, 0) is 16.3 Å². The van der Waals surface area contributed by atoms with Gasteiger partial charge in [-0.25, -0.2) is 0 Å². The lowest BCUT2D eigenvalue weighted by Crippen LogP contribution is -2.07. The lowest BCUT2D eigenvalue weighted by Gasteiger charge is -2.04. The van der Waals surface area contributed by atoms with Crippen LogP contribution in [-0.4, -0.2) is 17.5 Å². The molecule has 15 heavy (non-hydrogen) atoms. The minimum absolute atomic E-state index is 0.147. The summed E-state index contributed by atoms with van der Waals surface area (Å²) in [6.07, 6.45) is 0.303. The first kappa shape index (κ1) is 9.87. The molecule has 0 saturated carbocycles. The van der Waals surface area contributed by atoms with Gasteiger partial charge in [-0.1, -0.05) is 42.5 Å². The number of fused-ring (bicyclic) bond motifs is 1. The highest BCUT2D eigenvalue weighted by molar-refractivity contribution is 5.91. The van der Waals surface area contributed by atoms with Crippen molar-refractivity contribution in [2.24, 2.45) is 0 Å². The monoisotopic (exact) mass is 200 g/mol. The van der Waals surface area contributed by atoms with Crippen molar-refractivity contribution in [3.63, 3.8) is 0 Å². The van der Waals surface area contributed by atoms with Crippen molar-refractivity contribution in [3.8, 4) is 0 Å². The molecule has 0 atom stereocenters. The van der Waals surface area contributed by atoms with Crippen molar-refractivity contribution in [2.75, 3.05) is 6.61 Å². The summed E-state index contributed by atoms with van der Waals surface area (Å²) in [6, 6.07) is 13.8. The summed E-state index contributed by atoms with van der Waals surface area (Å²) < 4.78 is 0. The van der Waals surface area contributed by atoms with Crippen LogP contribution in [0.3, 0.4) is 0 Å². The van der Waals surface area contributed by atoms with E-state index in [9.17, 15) is 4.79 Å². The maximum absolute atomic E-state index is 11.2. The van der Waals surface area contributed by atoms with Crippen LogP contribution in [0.2, 0.25) is 0 Å². The smallest absolute Gasteiger partial charge is 0.162 e. The topological polar surface area (TPSA) is 37.3 Å². The van der Waals surface area contributed by atoms with E-state index in [1.165, 1.54) is 0 Å². The Morgan fingerprint density at radius 2 is 1.80 bits per heavy atom. The molecule has 0 heterocycles. The number of benzene rings is 2. The van der Waals surface area contributed by atoms with Crippen molar-refractivity contribution in [3.05, 3.63) is 48.0 Å². The molecule has 0 bridgehead atoms. The summed E-state index contributed by atoms with van der Waals surface area (Å²) in [7, 11) is 0.